The zero-order valence-electron chi connectivity index (χ0n) is 34.4. The zero-order valence-corrected chi connectivity index (χ0v) is 34.4. The Labute approximate surface area is 364 Å². The highest BCUT2D eigenvalue weighted by Crippen LogP contribution is 2.40. The molecule has 0 saturated carbocycles. The highest BCUT2D eigenvalue weighted by molar-refractivity contribution is 6.10. The first kappa shape index (κ1) is 35.5. The van der Waals surface area contributed by atoms with Crippen LogP contribution in [0.1, 0.15) is 17.7 Å². The Hall–Kier alpha value is -8.28. The van der Waals surface area contributed by atoms with Crippen LogP contribution in [0.5, 0.6) is 0 Å². The predicted octanol–water partition coefficient (Wildman–Crippen LogP) is 14.6. The van der Waals surface area contributed by atoms with Crippen LogP contribution < -0.4 is 0 Å². The number of rotatable bonds is 6. The Morgan fingerprint density at radius 1 is 0.349 bits per heavy atom. The van der Waals surface area contributed by atoms with Crippen LogP contribution in [0.25, 0.3) is 112 Å². The van der Waals surface area contributed by atoms with Gasteiger partial charge < -0.3 is 13.7 Å². The van der Waals surface area contributed by atoms with Gasteiger partial charge in [0.15, 0.2) is 5.82 Å². The fourth-order valence-electron chi connectivity index (χ4n) is 10.1. The van der Waals surface area contributed by atoms with Crippen LogP contribution in [0.3, 0.4) is 0 Å². The molecule has 0 bridgehead atoms. The van der Waals surface area contributed by atoms with Gasteiger partial charge in [-0.05, 0) is 91.2 Å². The molecule has 296 valence electrons. The molecule has 0 N–H and O–H groups in total. The van der Waals surface area contributed by atoms with Crippen LogP contribution in [-0.4, -0.2) is 23.7 Å². The van der Waals surface area contributed by atoms with Gasteiger partial charge in [0, 0.05) is 66.4 Å². The highest BCUT2D eigenvalue weighted by atomic mass is 15.0. The lowest BCUT2D eigenvalue weighted by atomic mass is 10.0. The molecule has 0 atom stereocenters. The Kier molecular flexibility index (Phi) is 7.97. The lowest BCUT2D eigenvalue weighted by molar-refractivity contribution is 0.966. The molecule has 13 rings (SSSR count). The smallest absolute Gasteiger partial charge is 0.160 e. The van der Waals surface area contributed by atoms with Gasteiger partial charge in [0.05, 0.1) is 39.0 Å². The minimum absolute atomic E-state index is 0.685. The van der Waals surface area contributed by atoms with E-state index >= 15 is 0 Å². The molecule has 12 aromatic rings. The fraction of sp³-hybridized carbons (Fsp3) is 0.0345. The van der Waals surface area contributed by atoms with Crippen LogP contribution in [-0.2, 0) is 6.42 Å². The summed E-state index contributed by atoms with van der Waals surface area (Å²) in [5.41, 5.74) is 16.5. The van der Waals surface area contributed by atoms with Crippen molar-refractivity contribution in [3.8, 4) is 51.0 Å². The summed E-state index contributed by atoms with van der Waals surface area (Å²) in [5, 5.41) is 6.26. The van der Waals surface area contributed by atoms with Crippen LogP contribution in [0.2, 0.25) is 0 Å². The molecule has 0 aliphatic heterocycles. The van der Waals surface area contributed by atoms with Gasteiger partial charge in [-0.15, -0.1) is 0 Å². The average molecular weight is 806 g/mol. The normalized spacial score (nSPS) is 12.6. The summed E-state index contributed by atoms with van der Waals surface area (Å²) in [6.07, 6.45) is 6.68. The molecule has 0 amide bonds. The van der Waals surface area contributed by atoms with Gasteiger partial charge in [0.1, 0.15) is 0 Å². The van der Waals surface area contributed by atoms with Crippen molar-refractivity contribution in [2.75, 3.05) is 0 Å². The van der Waals surface area contributed by atoms with Crippen molar-refractivity contribution in [3.05, 3.63) is 218 Å². The number of hydrogen-bond donors (Lipinski definition) is 0. The van der Waals surface area contributed by atoms with Crippen molar-refractivity contribution in [1.29, 1.82) is 0 Å². The van der Waals surface area contributed by atoms with Crippen molar-refractivity contribution < 1.29 is 0 Å². The van der Waals surface area contributed by atoms with E-state index in [1.807, 2.05) is 6.07 Å². The molecule has 0 spiro atoms. The number of para-hydroxylation sites is 5. The van der Waals surface area contributed by atoms with E-state index in [4.69, 9.17) is 9.97 Å². The Morgan fingerprint density at radius 3 is 1.38 bits per heavy atom. The van der Waals surface area contributed by atoms with Gasteiger partial charge in [-0.1, -0.05) is 140 Å². The van der Waals surface area contributed by atoms with Gasteiger partial charge in [0.2, 0.25) is 0 Å². The SMILES string of the molecule is C1=Cc2c(c3ccccc3n2-c2cc(-c3cc(-c4ccc(-n5c6ccccc6c6ccccc65)cc4)nc(-c4ccccc4)n3)cc(-n3c4ccccc4c4ccccc43)c2)CC1. The first-order valence-corrected chi connectivity index (χ1v) is 21.7. The monoisotopic (exact) mass is 805 g/mol. The quantitative estimate of drug-likeness (QED) is 0.168. The molecule has 4 aromatic heterocycles. The second kappa shape index (κ2) is 14.2. The molecule has 0 saturated heterocycles. The summed E-state index contributed by atoms with van der Waals surface area (Å²) >= 11 is 0. The van der Waals surface area contributed by atoms with E-state index < -0.39 is 0 Å². The van der Waals surface area contributed by atoms with Crippen LogP contribution in [0.4, 0.5) is 0 Å². The molecule has 8 aromatic carbocycles. The third-order valence-electron chi connectivity index (χ3n) is 12.9. The molecular weight excluding hydrogens is 767 g/mol. The lowest BCUT2D eigenvalue weighted by Gasteiger charge is -2.17. The van der Waals surface area contributed by atoms with E-state index in [-0.39, 0.29) is 0 Å². The second-order valence-corrected chi connectivity index (χ2v) is 16.5. The summed E-state index contributed by atoms with van der Waals surface area (Å²) in [4.78, 5) is 10.7. The van der Waals surface area contributed by atoms with Gasteiger partial charge >= 0.3 is 0 Å². The second-order valence-electron chi connectivity index (χ2n) is 16.5. The number of benzene rings is 8. The number of allylic oxidation sites excluding steroid dienone is 1. The van der Waals surface area contributed by atoms with E-state index in [1.54, 1.807) is 0 Å². The van der Waals surface area contributed by atoms with Crippen molar-refractivity contribution in [2.24, 2.45) is 0 Å². The molecule has 1 aliphatic rings. The van der Waals surface area contributed by atoms with E-state index in [0.29, 0.717) is 5.82 Å². The molecule has 0 unspecified atom stereocenters. The first-order chi connectivity index (χ1) is 31.2. The van der Waals surface area contributed by atoms with Gasteiger partial charge in [-0.3, -0.25) is 0 Å². The largest absolute Gasteiger partial charge is 0.309 e. The average Bonchev–Trinajstić information content (AvgIpc) is 4.00. The van der Waals surface area contributed by atoms with E-state index in [0.717, 1.165) is 69.0 Å². The molecule has 4 heterocycles. The van der Waals surface area contributed by atoms with Gasteiger partial charge in [0.25, 0.3) is 0 Å². The highest BCUT2D eigenvalue weighted by Gasteiger charge is 2.22. The fourth-order valence-corrected chi connectivity index (χ4v) is 10.1. The third kappa shape index (κ3) is 5.63. The number of fused-ring (bicyclic) bond motifs is 9. The van der Waals surface area contributed by atoms with E-state index in [9.17, 15) is 0 Å². The molecular formula is C58H39N5. The minimum atomic E-state index is 0.685. The Morgan fingerprint density at radius 2 is 0.810 bits per heavy atom. The molecule has 5 heteroatoms. The third-order valence-corrected chi connectivity index (χ3v) is 12.9. The predicted molar refractivity (Wildman–Crippen MR) is 261 cm³/mol. The molecule has 63 heavy (non-hydrogen) atoms. The molecule has 0 radical (unpaired) electrons. The molecule has 5 nitrogen and oxygen atoms in total. The standard InChI is InChI=1S/C58H39N5/c1-2-16-39(17-3-1)58-59-50(38-30-32-41(33-31-38)61-52-24-10-4-18-44(52)45-19-5-11-25-53(45)61)37-51(60-58)40-34-42(62-54-26-12-6-20-46(54)47-21-7-13-27-55(47)62)36-43(35-40)63-56-28-14-8-22-48(56)49-23-9-15-29-57(49)63/h1-8,10-22,24-37H,9,23H2. The van der Waals surface area contributed by atoms with E-state index in [1.165, 1.54) is 54.7 Å². The van der Waals surface area contributed by atoms with E-state index in [2.05, 4.69) is 220 Å². The molecule has 0 fully saturated rings. The van der Waals surface area contributed by atoms with Crippen LogP contribution >= 0.6 is 0 Å². The maximum atomic E-state index is 5.40. The van der Waals surface area contributed by atoms with Crippen molar-refractivity contribution in [2.45, 2.75) is 12.8 Å². The summed E-state index contributed by atoms with van der Waals surface area (Å²) in [7, 11) is 0. The summed E-state index contributed by atoms with van der Waals surface area (Å²) in [6, 6.07) is 71.9. The Balaban J connectivity index is 1.04. The summed E-state index contributed by atoms with van der Waals surface area (Å²) in [5.74, 6) is 0.685. The minimum Gasteiger partial charge on any atom is -0.309 e. The van der Waals surface area contributed by atoms with Crippen LogP contribution in [0, 0.1) is 0 Å². The summed E-state index contributed by atoms with van der Waals surface area (Å²) in [6.45, 7) is 0. The van der Waals surface area contributed by atoms with Crippen molar-refractivity contribution in [1.82, 2.24) is 23.7 Å². The van der Waals surface area contributed by atoms with Crippen molar-refractivity contribution >= 4 is 60.6 Å². The first-order valence-electron chi connectivity index (χ1n) is 21.7. The zero-order chi connectivity index (χ0) is 41.4. The van der Waals surface area contributed by atoms with Crippen LogP contribution in [0.15, 0.2) is 206 Å². The Bertz CT molecular complexity index is 3680. The lowest BCUT2D eigenvalue weighted by Crippen LogP contribution is -2.04. The molecule has 1 aliphatic carbocycles. The maximum absolute atomic E-state index is 5.40. The van der Waals surface area contributed by atoms with Gasteiger partial charge in [-0.25, -0.2) is 9.97 Å². The summed E-state index contributed by atoms with van der Waals surface area (Å²) < 4.78 is 7.23. The number of hydrogen-bond acceptors (Lipinski definition) is 2. The number of aryl methyl sites for hydroxylation is 1. The van der Waals surface area contributed by atoms with Crippen molar-refractivity contribution in [3.63, 3.8) is 0 Å². The maximum Gasteiger partial charge on any atom is 0.160 e. The topological polar surface area (TPSA) is 40.6 Å². The van der Waals surface area contributed by atoms with Gasteiger partial charge in [-0.2, -0.15) is 0 Å². The number of nitrogens with zero attached hydrogens (tertiary/aromatic N) is 5. The number of aromatic nitrogens is 5.